The van der Waals surface area contributed by atoms with E-state index in [1.807, 2.05) is 24.3 Å². The lowest BCUT2D eigenvalue weighted by Crippen LogP contribution is -2.36. The molecule has 2 amide bonds. The average molecular weight is 461 g/mol. The molecule has 0 atom stereocenters. The van der Waals surface area contributed by atoms with Gasteiger partial charge in [0.25, 0.3) is 11.8 Å². The fraction of sp³-hybridized carbons (Fsp3) is 0.160. The van der Waals surface area contributed by atoms with E-state index in [1.54, 1.807) is 48.5 Å². The van der Waals surface area contributed by atoms with Gasteiger partial charge in [0.1, 0.15) is 0 Å². The maximum atomic E-state index is 12.8. The van der Waals surface area contributed by atoms with Gasteiger partial charge in [0.15, 0.2) is 0 Å². The lowest BCUT2D eigenvalue weighted by molar-refractivity contribution is 0.101. The summed E-state index contributed by atoms with van der Waals surface area (Å²) in [7, 11) is 0. The molecular formula is C25H21ClN4O3. The van der Waals surface area contributed by atoms with E-state index in [1.165, 1.54) is 0 Å². The molecule has 3 aromatic rings. The minimum absolute atomic E-state index is 0.267. The number of carbonyl (C=O) groups is 2. The molecule has 0 saturated carbocycles. The van der Waals surface area contributed by atoms with E-state index in [0.29, 0.717) is 46.3 Å². The Labute approximate surface area is 196 Å². The standard InChI is InChI=1S/C25H21ClN4O3/c26-22-9-8-20(15-23(22)29-24(31)18-6-4-17(16-27)5-7-18)28-25(32)19-2-1-3-21(14-19)30-10-12-33-13-11-30/h1-9,14-15H,10-13H2,(H,28,32)(H,29,31). The smallest absolute Gasteiger partial charge is 0.255 e. The van der Waals surface area contributed by atoms with Gasteiger partial charge in [-0.2, -0.15) is 5.26 Å². The van der Waals surface area contributed by atoms with Crippen LogP contribution in [-0.4, -0.2) is 38.1 Å². The van der Waals surface area contributed by atoms with E-state index in [9.17, 15) is 9.59 Å². The zero-order chi connectivity index (χ0) is 23.2. The fourth-order valence-electron chi connectivity index (χ4n) is 3.46. The van der Waals surface area contributed by atoms with Crippen molar-refractivity contribution >= 4 is 40.5 Å². The van der Waals surface area contributed by atoms with Crippen molar-refractivity contribution in [2.75, 3.05) is 41.8 Å². The van der Waals surface area contributed by atoms with Gasteiger partial charge < -0.3 is 20.3 Å². The molecule has 33 heavy (non-hydrogen) atoms. The first-order chi connectivity index (χ1) is 16.0. The third-order valence-electron chi connectivity index (χ3n) is 5.23. The number of ether oxygens (including phenoxy) is 1. The third kappa shape index (κ3) is 5.50. The third-order valence-corrected chi connectivity index (χ3v) is 5.56. The molecule has 0 bridgehead atoms. The van der Waals surface area contributed by atoms with Crippen molar-refractivity contribution in [3.8, 4) is 6.07 Å². The first-order valence-electron chi connectivity index (χ1n) is 10.4. The van der Waals surface area contributed by atoms with E-state index in [2.05, 4.69) is 15.5 Å². The number of anilines is 3. The van der Waals surface area contributed by atoms with Crippen molar-refractivity contribution in [3.63, 3.8) is 0 Å². The zero-order valence-corrected chi connectivity index (χ0v) is 18.4. The second-order valence-electron chi connectivity index (χ2n) is 7.44. The molecule has 166 valence electrons. The van der Waals surface area contributed by atoms with Crippen LogP contribution in [0.4, 0.5) is 17.1 Å². The van der Waals surface area contributed by atoms with Crippen LogP contribution in [0.5, 0.6) is 0 Å². The Kier molecular flexibility index (Phi) is 6.89. The van der Waals surface area contributed by atoms with Crippen molar-refractivity contribution in [2.45, 2.75) is 0 Å². The summed E-state index contributed by atoms with van der Waals surface area (Å²) < 4.78 is 5.39. The van der Waals surface area contributed by atoms with Gasteiger partial charge in [-0.25, -0.2) is 0 Å². The summed E-state index contributed by atoms with van der Waals surface area (Å²) in [5.41, 5.74) is 3.21. The minimum Gasteiger partial charge on any atom is -0.378 e. The molecule has 1 aliphatic rings. The topological polar surface area (TPSA) is 94.5 Å². The highest BCUT2D eigenvalue weighted by atomic mass is 35.5. The van der Waals surface area contributed by atoms with Gasteiger partial charge >= 0.3 is 0 Å². The molecule has 2 N–H and O–H groups in total. The summed E-state index contributed by atoms with van der Waals surface area (Å²) in [5, 5.41) is 14.8. The van der Waals surface area contributed by atoms with Crippen molar-refractivity contribution in [1.82, 2.24) is 0 Å². The number of halogens is 1. The Morgan fingerprint density at radius 2 is 1.64 bits per heavy atom. The highest BCUT2D eigenvalue weighted by Crippen LogP contribution is 2.27. The molecule has 1 saturated heterocycles. The van der Waals surface area contributed by atoms with E-state index < -0.39 is 0 Å². The first kappa shape index (κ1) is 22.3. The molecule has 0 aliphatic carbocycles. The number of carbonyl (C=O) groups excluding carboxylic acids is 2. The van der Waals surface area contributed by atoms with Crippen molar-refractivity contribution < 1.29 is 14.3 Å². The van der Waals surface area contributed by atoms with Crippen LogP contribution in [0.1, 0.15) is 26.3 Å². The number of hydrogen-bond donors (Lipinski definition) is 2. The molecule has 3 aromatic carbocycles. The van der Waals surface area contributed by atoms with Crippen molar-refractivity contribution in [2.24, 2.45) is 0 Å². The molecule has 7 nitrogen and oxygen atoms in total. The van der Waals surface area contributed by atoms with E-state index in [0.717, 1.165) is 18.8 Å². The van der Waals surface area contributed by atoms with Gasteiger partial charge in [0.2, 0.25) is 0 Å². The second kappa shape index (κ2) is 10.2. The Morgan fingerprint density at radius 3 is 2.36 bits per heavy atom. The Morgan fingerprint density at radius 1 is 0.909 bits per heavy atom. The SMILES string of the molecule is N#Cc1ccc(C(=O)Nc2cc(NC(=O)c3cccc(N4CCOCC4)c3)ccc2Cl)cc1. The van der Waals surface area contributed by atoms with Gasteiger partial charge in [0, 0.05) is 35.6 Å². The van der Waals surface area contributed by atoms with Crippen LogP contribution >= 0.6 is 11.6 Å². The molecule has 8 heteroatoms. The Balaban J connectivity index is 1.46. The number of nitrogens with zero attached hydrogens (tertiary/aromatic N) is 2. The minimum atomic E-state index is -0.372. The number of nitriles is 1. The predicted octanol–water partition coefficient (Wildman–Crippen LogP) is 4.55. The number of amides is 2. The van der Waals surface area contributed by atoms with Crippen LogP contribution in [0, 0.1) is 11.3 Å². The molecule has 4 rings (SSSR count). The fourth-order valence-corrected chi connectivity index (χ4v) is 3.62. The highest BCUT2D eigenvalue weighted by Gasteiger charge is 2.15. The maximum absolute atomic E-state index is 12.8. The molecule has 0 spiro atoms. The molecule has 0 unspecified atom stereocenters. The van der Waals surface area contributed by atoms with E-state index in [4.69, 9.17) is 21.6 Å². The maximum Gasteiger partial charge on any atom is 0.255 e. The first-order valence-corrected chi connectivity index (χ1v) is 10.8. The van der Waals surface area contributed by atoms with Gasteiger partial charge in [-0.05, 0) is 60.7 Å². The van der Waals surface area contributed by atoms with E-state index >= 15 is 0 Å². The van der Waals surface area contributed by atoms with Crippen molar-refractivity contribution in [1.29, 1.82) is 5.26 Å². The number of rotatable bonds is 5. The summed E-state index contributed by atoms with van der Waals surface area (Å²) >= 11 is 6.25. The zero-order valence-electron chi connectivity index (χ0n) is 17.7. The summed E-state index contributed by atoms with van der Waals surface area (Å²) in [6, 6.07) is 20.6. The molecule has 1 fully saturated rings. The van der Waals surface area contributed by atoms with Crippen LogP contribution in [0.3, 0.4) is 0 Å². The Bertz CT molecular complexity index is 1220. The molecule has 1 aliphatic heterocycles. The van der Waals surface area contributed by atoms with Gasteiger partial charge in [-0.3, -0.25) is 9.59 Å². The van der Waals surface area contributed by atoms with Crippen LogP contribution in [0.25, 0.3) is 0 Å². The summed E-state index contributed by atoms with van der Waals surface area (Å²) in [6.07, 6.45) is 0. The lowest BCUT2D eigenvalue weighted by atomic mass is 10.1. The highest BCUT2D eigenvalue weighted by molar-refractivity contribution is 6.34. The van der Waals surface area contributed by atoms with E-state index in [-0.39, 0.29) is 11.8 Å². The molecule has 1 heterocycles. The summed E-state index contributed by atoms with van der Waals surface area (Å²) in [6.45, 7) is 2.89. The predicted molar refractivity (Wildman–Crippen MR) is 128 cm³/mol. The summed E-state index contributed by atoms with van der Waals surface area (Å²) in [4.78, 5) is 27.6. The quantitative estimate of drug-likeness (QED) is 0.582. The van der Waals surface area contributed by atoms with Gasteiger partial charge in [-0.1, -0.05) is 17.7 Å². The average Bonchev–Trinajstić information content (AvgIpc) is 2.86. The van der Waals surface area contributed by atoms with Gasteiger partial charge in [-0.15, -0.1) is 0 Å². The second-order valence-corrected chi connectivity index (χ2v) is 7.85. The Hall–Kier alpha value is -3.86. The number of morpholine rings is 1. The van der Waals surface area contributed by atoms with Gasteiger partial charge in [0.05, 0.1) is 35.6 Å². The number of hydrogen-bond acceptors (Lipinski definition) is 5. The normalized spacial score (nSPS) is 13.2. The monoisotopic (exact) mass is 460 g/mol. The molecule has 0 radical (unpaired) electrons. The van der Waals surface area contributed by atoms with Crippen LogP contribution in [0.15, 0.2) is 66.7 Å². The largest absolute Gasteiger partial charge is 0.378 e. The lowest BCUT2D eigenvalue weighted by Gasteiger charge is -2.29. The van der Waals surface area contributed by atoms with Crippen LogP contribution < -0.4 is 15.5 Å². The molecule has 0 aromatic heterocycles. The number of benzene rings is 3. The van der Waals surface area contributed by atoms with Crippen LogP contribution in [-0.2, 0) is 4.74 Å². The van der Waals surface area contributed by atoms with Crippen LogP contribution in [0.2, 0.25) is 5.02 Å². The van der Waals surface area contributed by atoms with Crippen molar-refractivity contribution in [3.05, 3.63) is 88.4 Å². The number of nitrogens with one attached hydrogen (secondary N) is 2. The summed E-state index contributed by atoms with van der Waals surface area (Å²) in [5.74, 6) is -0.639. The molecular weight excluding hydrogens is 440 g/mol.